The fourth-order valence-electron chi connectivity index (χ4n) is 3.66. The van der Waals surface area contributed by atoms with E-state index < -0.39 is 49.3 Å². The van der Waals surface area contributed by atoms with E-state index in [1.807, 2.05) is 6.92 Å². The number of amides is 1. The lowest BCUT2D eigenvalue weighted by molar-refractivity contribution is 0.0227. The zero-order chi connectivity index (χ0) is 29.7. The molecule has 3 aromatic carbocycles. The molecule has 0 aliphatic carbocycles. The van der Waals surface area contributed by atoms with Crippen LogP contribution in [0.2, 0.25) is 0 Å². The monoisotopic (exact) mass is 655 g/mol. The first-order valence-electron chi connectivity index (χ1n) is 12.3. The molecule has 3 rings (SSSR count). The summed E-state index contributed by atoms with van der Waals surface area (Å²) in [5.74, 6) is -0.596. The number of carbonyl (C=O) groups is 1. The van der Waals surface area contributed by atoms with Gasteiger partial charge in [0, 0.05) is 17.6 Å². The smallest absolute Gasteiger partial charge is 0.410 e. The minimum Gasteiger partial charge on any atom is -0.444 e. The lowest BCUT2D eigenvalue weighted by Crippen LogP contribution is -2.42. The minimum absolute atomic E-state index is 0.0476. The van der Waals surface area contributed by atoms with Crippen LogP contribution in [-0.4, -0.2) is 53.1 Å². The lowest BCUT2D eigenvalue weighted by atomic mass is 10.1. The largest absolute Gasteiger partial charge is 0.444 e. The number of hydrogen-bond acceptors (Lipinski definition) is 7. The number of ether oxygens (including phenoxy) is 1. The van der Waals surface area contributed by atoms with E-state index in [4.69, 9.17) is 8.92 Å². The molecule has 1 unspecified atom stereocenters. The Morgan fingerprint density at radius 2 is 1.45 bits per heavy atom. The predicted octanol–water partition coefficient (Wildman–Crippen LogP) is 6.05. The molecule has 0 aliphatic rings. The van der Waals surface area contributed by atoms with Gasteiger partial charge in [0.1, 0.15) is 16.7 Å². The van der Waals surface area contributed by atoms with Crippen molar-refractivity contribution >= 4 is 42.0 Å². The van der Waals surface area contributed by atoms with Crippen LogP contribution in [0.25, 0.3) is 0 Å². The third-order valence-corrected chi connectivity index (χ3v) is 9.66. The summed E-state index contributed by atoms with van der Waals surface area (Å²) in [6.45, 7) is 5.67. The van der Waals surface area contributed by atoms with Crippen LogP contribution < -0.4 is 0 Å². The molecule has 0 aromatic heterocycles. The van der Waals surface area contributed by atoms with E-state index in [1.54, 1.807) is 57.2 Å². The molecule has 0 radical (unpaired) electrons. The molecule has 0 N–H and O–H groups in total. The Hall–Kier alpha value is -2.80. The molecular formula is C28H31BrFNO7S2. The Morgan fingerprint density at radius 3 is 2.00 bits per heavy atom. The van der Waals surface area contributed by atoms with E-state index >= 15 is 0 Å². The van der Waals surface area contributed by atoms with Crippen LogP contribution >= 0.6 is 15.9 Å². The third-order valence-electron chi connectivity index (χ3n) is 5.71. The van der Waals surface area contributed by atoms with Gasteiger partial charge in [0.05, 0.1) is 16.4 Å². The van der Waals surface area contributed by atoms with Crippen molar-refractivity contribution in [2.75, 3.05) is 19.7 Å². The van der Waals surface area contributed by atoms with Crippen LogP contribution in [0.15, 0.2) is 87.1 Å². The molecule has 40 heavy (non-hydrogen) atoms. The number of nitrogens with zero attached hydrogens (tertiary/aromatic N) is 1. The second kappa shape index (κ2) is 12.8. The Kier molecular flexibility index (Phi) is 10.2. The van der Waals surface area contributed by atoms with E-state index in [2.05, 4.69) is 15.9 Å². The number of rotatable bonds is 10. The Bertz CT molecular complexity index is 1520. The molecule has 8 nitrogen and oxygen atoms in total. The van der Waals surface area contributed by atoms with Crippen LogP contribution in [0.1, 0.15) is 37.1 Å². The second-order valence-corrected chi connectivity index (χ2v) is 14.7. The summed E-state index contributed by atoms with van der Waals surface area (Å²) in [5.41, 5.74) is 0.332. The van der Waals surface area contributed by atoms with Crippen molar-refractivity contribution in [1.82, 2.24) is 4.90 Å². The van der Waals surface area contributed by atoms with Crippen LogP contribution in [0.5, 0.6) is 0 Å². The maximum Gasteiger partial charge on any atom is 0.410 e. The molecule has 1 amide bonds. The fraction of sp³-hybridized carbons (Fsp3) is 0.321. The Labute approximate surface area is 243 Å². The van der Waals surface area contributed by atoms with Gasteiger partial charge in [-0.1, -0.05) is 45.8 Å². The highest BCUT2D eigenvalue weighted by molar-refractivity contribution is 9.10. The van der Waals surface area contributed by atoms with Crippen LogP contribution in [0.3, 0.4) is 0 Å². The first-order chi connectivity index (χ1) is 18.6. The SMILES string of the molecule is Cc1ccc(S(=O)(=O)OCCN(CC(c2ccc(Br)cc2)S(=O)(=O)c2ccc(F)cc2)C(=O)OC(C)(C)C)cc1. The maximum absolute atomic E-state index is 13.8. The fourth-order valence-corrected chi connectivity index (χ4v) is 6.56. The number of carbonyl (C=O) groups excluding carboxylic acids is 1. The molecule has 0 fully saturated rings. The summed E-state index contributed by atoms with van der Waals surface area (Å²) in [6.07, 6.45) is -0.847. The average molecular weight is 657 g/mol. The Morgan fingerprint density at radius 1 is 0.900 bits per heavy atom. The summed E-state index contributed by atoms with van der Waals surface area (Å²) >= 11 is 3.33. The lowest BCUT2D eigenvalue weighted by Gasteiger charge is -2.30. The summed E-state index contributed by atoms with van der Waals surface area (Å²) in [7, 11) is -8.28. The van der Waals surface area contributed by atoms with E-state index in [-0.39, 0.29) is 22.9 Å². The van der Waals surface area contributed by atoms with Gasteiger partial charge in [-0.15, -0.1) is 0 Å². The highest BCUT2D eigenvalue weighted by Crippen LogP contribution is 2.31. The highest BCUT2D eigenvalue weighted by atomic mass is 79.9. The molecular weight excluding hydrogens is 625 g/mol. The van der Waals surface area contributed by atoms with Gasteiger partial charge in [-0.3, -0.25) is 4.18 Å². The third kappa shape index (κ3) is 8.60. The van der Waals surface area contributed by atoms with Crippen molar-refractivity contribution in [3.63, 3.8) is 0 Å². The van der Waals surface area contributed by atoms with Crippen molar-refractivity contribution in [2.24, 2.45) is 0 Å². The highest BCUT2D eigenvalue weighted by Gasteiger charge is 2.34. The molecule has 0 spiro atoms. The summed E-state index contributed by atoms with van der Waals surface area (Å²) in [4.78, 5) is 14.1. The van der Waals surface area contributed by atoms with Crippen molar-refractivity contribution in [2.45, 2.75) is 48.3 Å². The van der Waals surface area contributed by atoms with Gasteiger partial charge in [-0.05, 0) is 81.8 Å². The average Bonchev–Trinajstić information content (AvgIpc) is 2.86. The van der Waals surface area contributed by atoms with Crippen molar-refractivity contribution < 1.29 is 34.9 Å². The normalized spacial score (nSPS) is 13.1. The maximum atomic E-state index is 13.8. The molecule has 0 bridgehead atoms. The van der Waals surface area contributed by atoms with E-state index in [0.717, 1.165) is 34.7 Å². The quantitative estimate of drug-likeness (QED) is 0.193. The topological polar surface area (TPSA) is 107 Å². The van der Waals surface area contributed by atoms with E-state index in [1.165, 1.54) is 12.1 Å². The predicted molar refractivity (Wildman–Crippen MR) is 153 cm³/mol. The molecule has 216 valence electrons. The van der Waals surface area contributed by atoms with Gasteiger partial charge in [-0.25, -0.2) is 17.6 Å². The van der Waals surface area contributed by atoms with Crippen molar-refractivity contribution in [3.05, 3.63) is 94.2 Å². The summed E-state index contributed by atoms with van der Waals surface area (Å²) < 4.78 is 77.9. The van der Waals surface area contributed by atoms with Gasteiger partial charge in [-0.2, -0.15) is 8.42 Å². The second-order valence-electron chi connectivity index (χ2n) is 10.1. The van der Waals surface area contributed by atoms with Crippen LogP contribution in [0.4, 0.5) is 9.18 Å². The van der Waals surface area contributed by atoms with Gasteiger partial charge < -0.3 is 9.64 Å². The Balaban J connectivity index is 1.94. The van der Waals surface area contributed by atoms with Crippen LogP contribution in [-0.2, 0) is 28.9 Å². The first-order valence-corrected chi connectivity index (χ1v) is 16.0. The van der Waals surface area contributed by atoms with Gasteiger partial charge in [0.2, 0.25) is 0 Å². The molecule has 1 atom stereocenters. The van der Waals surface area contributed by atoms with Gasteiger partial charge in [0.15, 0.2) is 9.84 Å². The van der Waals surface area contributed by atoms with E-state index in [9.17, 15) is 26.0 Å². The summed E-state index contributed by atoms with van der Waals surface area (Å²) in [5, 5.41) is -1.28. The van der Waals surface area contributed by atoms with Crippen molar-refractivity contribution in [3.8, 4) is 0 Å². The number of sulfone groups is 1. The van der Waals surface area contributed by atoms with Crippen LogP contribution in [0, 0.1) is 12.7 Å². The van der Waals surface area contributed by atoms with Crippen molar-refractivity contribution in [1.29, 1.82) is 0 Å². The van der Waals surface area contributed by atoms with E-state index in [0.29, 0.717) is 10.0 Å². The molecule has 0 saturated carbocycles. The van der Waals surface area contributed by atoms with Gasteiger partial charge >= 0.3 is 6.09 Å². The number of benzene rings is 3. The zero-order valence-corrected chi connectivity index (χ0v) is 25.7. The zero-order valence-electron chi connectivity index (χ0n) is 22.5. The number of hydrogen-bond donors (Lipinski definition) is 0. The molecule has 0 aliphatic heterocycles. The standard InChI is InChI=1S/C28H31BrFNO7S2/c1-20-5-13-25(14-6-20)40(35,36)37-18-17-31(27(32)38-28(2,3)4)19-26(21-7-9-22(29)10-8-21)39(33,34)24-15-11-23(30)12-16-24/h5-16,26H,17-19H2,1-4H3. The molecule has 0 saturated heterocycles. The van der Waals surface area contributed by atoms with Gasteiger partial charge in [0.25, 0.3) is 10.1 Å². The minimum atomic E-state index is -4.15. The number of aryl methyl sites for hydroxylation is 1. The summed E-state index contributed by atoms with van der Waals surface area (Å²) in [6, 6.07) is 17.0. The molecule has 3 aromatic rings. The first kappa shape index (κ1) is 31.7. The molecule has 0 heterocycles. The number of halogens is 2. The molecule has 12 heteroatoms.